The number of hydrogen-bond donors (Lipinski definition) is 1. The molecule has 0 unspecified atom stereocenters. The maximum absolute atomic E-state index is 12.3. The van der Waals surface area contributed by atoms with Crippen LogP contribution >= 0.6 is 0 Å². The first-order valence-corrected chi connectivity index (χ1v) is 8.73. The van der Waals surface area contributed by atoms with Gasteiger partial charge in [-0.2, -0.15) is 0 Å². The average Bonchev–Trinajstić information content (AvgIpc) is 2.68. The molecule has 0 aliphatic rings. The molecular formula is C23H24O4. The molecule has 4 nitrogen and oxygen atoms in total. The molecule has 0 amide bonds. The normalized spacial score (nSPS) is 11.3. The maximum Gasteiger partial charge on any atom is 0.313 e. The molecule has 0 bridgehead atoms. The SMILES string of the molecule is COC(=O)CC(=O)C(C)(C)CC#CC(O)(c1ccccc1)c1ccccc1. The third-order valence-corrected chi connectivity index (χ3v) is 4.47. The summed E-state index contributed by atoms with van der Waals surface area (Å²) in [5.41, 5.74) is -0.996. The number of benzene rings is 2. The Bertz CT molecular complexity index is 803. The highest BCUT2D eigenvalue weighted by molar-refractivity contribution is 5.98. The van der Waals surface area contributed by atoms with Crippen molar-refractivity contribution in [1.82, 2.24) is 0 Å². The Morgan fingerprint density at radius 2 is 1.44 bits per heavy atom. The van der Waals surface area contributed by atoms with Gasteiger partial charge >= 0.3 is 5.97 Å². The van der Waals surface area contributed by atoms with E-state index in [4.69, 9.17) is 0 Å². The highest BCUT2D eigenvalue weighted by atomic mass is 16.5. The number of hydrogen-bond acceptors (Lipinski definition) is 4. The minimum absolute atomic E-state index is 0.213. The van der Waals surface area contributed by atoms with Crippen LogP contribution in [0.1, 0.15) is 37.8 Å². The predicted molar refractivity (Wildman–Crippen MR) is 104 cm³/mol. The second-order valence-electron chi connectivity index (χ2n) is 6.98. The molecule has 0 saturated heterocycles. The molecule has 27 heavy (non-hydrogen) atoms. The first-order valence-electron chi connectivity index (χ1n) is 8.73. The number of aliphatic hydroxyl groups is 1. The van der Waals surface area contributed by atoms with Gasteiger partial charge in [0.15, 0.2) is 11.4 Å². The quantitative estimate of drug-likeness (QED) is 0.484. The minimum atomic E-state index is -1.48. The molecule has 0 spiro atoms. The van der Waals surface area contributed by atoms with Crippen LogP contribution in [0.2, 0.25) is 0 Å². The largest absolute Gasteiger partial charge is 0.469 e. The Kier molecular flexibility index (Phi) is 6.55. The van der Waals surface area contributed by atoms with Crippen molar-refractivity contribution in [2.45, 2.75) is 32.3 Å². The van der Waals surface area contributed by atoms with E-state index in [1.807, 2.05) is 60.7 Å². The predicted octanol–water partition coefficient (Wildman–Crippen LogP) is 3.47. The van der Waals surface area contributed by atoms with E-state index in [1.54, 1.807) is 13.8 Å². The van der Waals surface area contributed by atoms with E-state index in [0.29, 0.717) is 11.1 Å². The summed E-state index contributed by atoms with van der Waals surface area (Å²) in [5.74, 6) is 5.10. The van der Waals surface area contributed by atoms with Crippen LogP contribution in [-0.4, -0.2) is 24.0 Å². The highest BCUT2D eigenvalue weighted by Crippen LogP contribution is 2.30. The van der Waals surface area contributed by atoms with Crippen molar-refractivity contribution >= 4 is 11.8 Å². The van der Waals surface area contributed by atoms with Gasteiger partial charge in [0, 0.05) is 23.0 Å². The lowest BCUT2D eigenvalue weighted by Gasteiger charge is -2.24. The summed E-state index contributed by atoms with van der Waals surface area (Å²) in [6, 6.07) is 18.4. The molecule has 0 atom stereocenters. The van der Waals surface area contributed by atoms with Gasteiger partial charge in [-0.25, -0.2) is 0 Å². The summed E-state index contributed by atoms with van der Waals surface area (Å²) in [7, 11) is 1.25. The third-order valence-electron chi connectivity index (χ3n) is 4.47. The van der Waals surface area contributed by atoms with Gasteiger partial charge in [-0.1, -0.05) is 86.4 Å². The van der Waals surface area contributed by atoms with Crippen LogP contribution in [0.5, 0.6) is 0 Å². The number of ether oxygens (including phenoxy) is 1. The summed E-state index contributed by atoms with van der Waals surface area (Å²) in [5, 5.41) is 11.3. The lowest BCUT2D eigenvalue weighted by atomic mass is 9.82. The molecule has 140 valence electrons. The van der Waals surface area contributed by atoms with Crippen LogP contribution in [0.15, 0.2) is 60.7 Å². The van der Waals surface area contributed by atoms with Gasteiger partial charge in [0.05, 0.1) is 7.11 Å². The zero-order chi connectivity index (χ0) is 19.9. The molecule has 2 aromatic rings. The third kappa shape index (κ3) is 5.06. The van der Waals surface area contributed by atoms with Crippen LogP contribution in [0.3, 0.4) is 0 Å². The Balaban J connectivity index is 2.31. The van der Waals surface area contributed by atoms with Crippen LogP contribution < -0.4 is 0 Å². The van der Waals surface area contributed by atoms with Gasteiger partial charge in [-0.15, -0.1) is 0 Å². The number of esters is 1. The van der Waals surface area contributed by atoms with E-state index >= 15 is 0 Å². The Morgan fingerprint density at radius 1 is 0.963 bits per heavy atom. The molecular weight excluding hydrogens is 340 g/mol. The standard InChI is InChI=1S/C23H24O4/c1-22(2,20(24)17-21(25)27-3)15-10-16-23(26,18-11-6-4-7-12-18)19-13-8-5-9-14-19/h4-9,11-14,26H,15,17H2,1-3H3. The molecule has 0 aromatic heterocycles. The molecule has 0 aliphatic heterocycles. The Hall–Kier alpha value is -2.90. The Labute approximate surface area is 160 Å². The van der Waals surface area contributed by atoms with E-state index in [-0.39, 0.29) is 18.6 Å². The number of Topliss-reactive ketones (excluding diaryl/α,β-unsaturated/α-hetero) is 1. The number of carbonyl (C=O) groups excluding carboxylic acids is 2. The summed E-state index contributed by atoms with van der Waals surface area (Å²) in [6.07, 6.45) is -0.0718. The molecule has 2 rings (SSSR count). The first-order chi connectivity index (χ1) is 12.8. The van der Waals surface area contributed by atoms with Crippen molar-refractivity contribution in [3.8, 4) is 11.8 Å². The van der Waals surface area contributed by atoms with Crippen molar-refractivity contribution in [1.29, 1.82) is 0 Å². The fourth-order valence-corrected chi connectivity index (χ4v) is 2.60. The number of ketones is 1. The van der Waals surface area contributed by atoms with Crippen molar-refractivity contribution < 1.29 is 19.4 Å². The molecule has 4 heteroatoms. The maximum atomic E-state index is 12.3. The number of carbonyl (C=O) groups is 2. The summed E-state index contributed by atoms with van der Waals surface area (Å²) in [6.45, 7) is 3.47. The van der Waals surface area contributed by atoms with Gasteiger partial charge in [0.1, 0.15) is 6.42 Å². The van der Waals surface area contributed by atoms with Gasteiger partial charge in [-0.05, 0) is 0 Å². The van der Waals surface area contributed by atoms with Crippen LogP contribution in [0.25, 0.3) is 0 Å². The summed E-state index contributed by atoms with van der Waals surface area (Å²) >= 11 is 0. The highest BCUT2D eigenvalue weighted by Gasteiger charge is 2.31. The van der Waals surface area contributed by atoms with Gasteiger partial charge in [0.2, 0.25) is 0 Å². The lowest BCUT2D eigenvalue weighted by Crippen LogP contribution is -2.28. The fourth-order valence-electron chi connectivity index (χ4n) is 2.60. The van der Waals surface area contributed by atoms with Gasteiger partial charge < -0.3 is 9.84 Å². The monoisotopic (exact) mass is 364 g/mol. The zero-order valence-electron chi connectivity index (χ0n) is 15.9. The van der Waals surface area contributed by atoms with Crippen LogP contribution in [-0.2, 0) is 19.9 Å². The topological polar surface area (TPSA) is 63.6 Å². The molecule has 2 aromatic carbocycles. The van der Waals surface area contributed by atoms with E-state index < -0.39 is 17.0 Å². The van der Waals surface area contributed by atoms with Crippen molar-refractivity contribution in [2.75, 3.05) is 7.11 Å². The minimum Gasteiger partial charge on any atom is -0.469 e. The van der Waals surface area contributed by atoms with Crippen LogP contribution in [0.4, 0.5) is 0 Å². The van der Waals surface area contributed by atoms with E-state index in [9.17, 15) is 14.7 Å². The van der Waals surface area contributed by atoms with Crippen LogP contribution in [0, 0.1) is 17.3 Å². The average molecular weight is 364 g/mol. The van der Waals surface area contributed by atoms with Gasteiger partial charge in [0.25, 0.3) is 0 Å². The van der Waals surface area contributed by atoms with Gasteiger partial charge in [-0.3, -0.25) is 9.59 Å². The molecule has 0 fully saturated rings. The molecule has 0 saturated carbocycles. The first kappa shape index (κ1) is 20.4. The lowest BCUT2D eigenvalue weighted by molar-refractivity contribution is -0.145. The second kappa shape index (κ2) is 8.66. The smallest absolute Gasteiger partial charge is 0.313 e. The van der Waals surface area contributed by atoms with Crippen molar-refractivity contribution in [3.05, 3.63) is 71.8 Å². The summed E-state index contributed by atoms with van der Waals surface area (Å²) < 4.78 is 4.55. The second-order valence-corrected chi connectivity index (χ2v) is 6.98. The van der Waals surface area contributed by atoms with E-state index in [0.717, 1.165) is 0 Å². The van der Waals surface area contributed by atoms with E-state index in [2.05, 4.69) is 16.6 Å². The Morgan fingerprint density at radius 3 is 1.89 bits per heavy atom. The fraction of sp³-hybridized carbons (Fsp3) is 0.304. The van der Waals surface area contributed by atoms with Crippen molar-refractivity contribution in [3.63, 3.8) is 0 Å². The molecule has 0 heterocycles. The zero-order valence-corrected chi connectivity index (χ0v) is 15.9. The molecule has 0 radical (unpaired) electrons. The number of methoxy groups -OCH3 is 1. The molecule has 0 aliphatic carbocycles. The van der Waals surface area contributed by atoms with E-state index in [1.165, 1.54) is 7.11 Å². The summed E-state index contributed by atoms with van der Waals surface area (Å²) in [4.78, 5) is 23.7. The van der Waals surface area contributed by atoms with Crippen molar-refractivity contribution in [2.24, 2.45) is 5.41 Å². The number of rotatable bonds is 6. The molecule has 1 N–H and O–H groups in total.